The molecule has 3 rings (SSSR count). The van der Waals surface area contributed by atoms with E-state index in [0.717, 1.165) is 48.4 Å². The highest BCUT2D eigenvalue weighted by molar-refractivity contribution is 5.75. The van der Waals surface area contributed by atoms with Crippen LogP contribution in [0.1, 0.15) is 36.3 Å². The maximum absolute atomic E-state index is 12.0. The number of aryl methyl sites for hydroxylation is 2. The summed E-state index contributed by atoms with van der Waals surface area (Å²) in [4.78, 5) is 18.9. The third kappa shape index (κ3) is 3.36. The fourth-order valence-corrected chi connectivity index (χ4v) is 3.28. The molecular formula is C19H24N2O3. The molecule has 0 amide bonds. The zero-order valence-corrected chi connectivity index (χ0v) is 14.5. The van der Waals surface area contributed by atoms with Crippen LogP contribution >= 0.6 is 0 Å². The molecule has 2 heterocycles. The topological polar surface area (TPSA) is 55.6 Å². The summed E-state index contributed by atoms with van der Waals surface area (Å²) in [6, 6.07) is 7.88. The number of hydrogen-bond donors (Lipinski definition) is 0. The molecule has 0 N–H and O–H groups in total. The highest BCUT2D eigenvalue weighted by Gasteiger charge is 2.30. The van der Waals surface area contributed by atoms with Gasteiger partial charge < -0.3 is 9.15 Å². The SMILES string of the molecule is COC(=O)[C@H]1CCCCN1Cc1nc(-c2ccccc2C)oc1C. The van der Waals surface area contributed by atoms with Crippen LogP contribution in [-0.2, 0) is 16.1 Å². The smallest absolute Gasteiger partial charge is 0.323 e. The molecular weight excluding hydrogens is 304 g/mol. The van der Waals surface area contributed by atoms with Crippen molar-refractivity contribution < 1.29 is 13.9 Å². The van der Waals surface area contributed by atoms with Crippen LogP contribution in [0.2, 0.25) is 0 Å². The number of oxazole rings is 1. The van der Waals surface area contributed by atoms with Gasteiger partial charge in [-0.1, -0.05) is 24.6 Å². The molecule has 1 aliphatic heterocycles. The molecule has 0 radical (unpaired) electrons. The van der Waals surface area contributed by atoms with Gasteiger partial charge in [-0.15, -0.1) is 0 Å². The van der Waals surface area contributed by atoms with E-state index in [4.69, 9.17) is 14.1 Å². The summed E-state index contributed by atoms with van der Waals surface area (Å²) in [7, 11) is 1.45. The molecule has 1 aromatic heterocycles. The number of ether oxygens (including phenoxy) is 1. The molecule has 1 atom stereocenters. The van der Waals surface area contributed by atoms with Crippen molar-refractivity contribution in [3.8, 4) is 11.5 Å². The number of carbonyl (C=O) groups is 1. The minimum atomic E-state index is -0.179. The predicted octanol–water partition coefficient (Wildman–Crippen LogP) is 3.49. The van der Waals surface area contributed by atoms with E-state index in [-0.39, 0.29) is 12.0 Å². The zero-order chi connectivity index (χ0) is 17.1. The van der Waals surface area contributed by atoms with E-state index in [0.29, 0.717) is 12.4 Å². The van der Waals surface area contributed by atoms with Crippen LogP contribution in [0.25, 0.3) is 11.5 Å². The first-order chi connectivity index (χ1) is 11.6. The van der Waals surface area contributed by atoms with Gasteiger partial charge in [-0.3, -0.25) is 9.69 Å². The summed E-state index contributed by atoms with van der Waals surface area (Å²) in [5.41, 5.74) is 3.04. The maximum Gasteiger partial charge on any atom is 0.323 e. The minimum Gasteiger partial charge on any atom is -0.468 e. The highest BCUT2D eigenvalue weighted by atomic mass is 16.5. The maximum atomic E-state index is 12.0. The Morgan fingerprint density at radius 3 is 2.88 bits per heavy atom. The summed E-state index contributed by atoms with van der Waals surface area (Å²) in [5.74, 6) is 1.30. The van der Waals surface area contributed by atoms with Crippen molar-refractivity contribution in [3.05, 3.63) is 41.3 Å². The summed E-state index contributed by atoms with van der Waals surface area (Å²) in [6.45, 7) is 5.47. The van der Waals surface area contributed by atoms with Crippen molar-refractivity contribution in [2.45, 2.75) is 45.7 Å². The molecule has 1 fully saturated rings. The van der Waals surface area contributed by atoms with Crippen LogP contribution in [0.4, 0.5) is 0 Å². The summed E-state index contributed by atoms with van der Waals surface area (Å²) in [5, 5.41) is 0. The van der Waals surface area contributed by atoms with E-state index >= 15 is 0 Å². The van der Waals surface area contributed by atoms with Crippen molar-refractivity contribution in [2.75, 3.05) is 13.7 Å². The second-order valence-electron chi connectivity index (χ2n) is 6.34. The number of carbonyl (C=O) groups excluding carboxylic acids is 1. The van der Waals surface area contributed by atoms with E-state index < -0.39 is 0 Å². The first-order valence-electron chi connectivity index (χ1n) is 8.44. The quantitative estimate of drug-likeness (QED) is 0.804. The molecule has 1 aliphatic rings. The van der Waals surface area contributed by atoms with Gasteiger partial charge in [-0.25, -0.2) is 4.98 Å². The number of hydrogen-bond acceptors (Lipinski definition) is 5. The fraction of sp³-hybridized carbons (Fsp3) is 0.474. The van der Waals surface area contributed by atoms with Gasteiger partial charge in [0.15, 0.2) is 0 Å². The normalized spacial score (nSPS) is 18.5. The first-order valence-corrected chi connectivity index (χ1v) is 8.44. The van der Waals surface area contributed by atoms with Gasteiger partial charge in [0.1, 0.15) is 11.8 Å². The van der Waals surface area contributed by atoms with Gasteiger partial charge in [0.25, 0.3) is 0 Å². The van der Waals surface area contributed by atoms with Crippen LogP contribution in [0, 0.1) is 13.8 Å². The standard InChI is InChI=1S/C19H24N2O3/c1-13-8-4-5-9-15(13)18-20-16(14(2)24-18)12-21-11-7-6-10-17(21)19(22)23-3/h4-5,8-9,17H,6-7,10-12H2,1-3H3/t17-/m1/s1. The number of esters is 1. The molecule has 5 nitrogen and oxygen atoms in total. The Labute approximate surface area is 142 Å². The van der Waals surface area contributed by atoms with Crippen molar-refractivity contribution >= 4 is 5.97 Å². The lowest BCUT2D eigenvalue weighted by Gasteiger charge is -2.33. The molecule has 0 aliphatic carbocycles. The molecule has 1 saturated heterocycles. The van der Waals surface area contributed by atoms with E-state index in [1.807, 2.05) is 38.1 Å². The summed E-state index contributed by atoms with van der Waals surface area (Å²) in [6.07, 6.45) is 2.99. The average Bonchev–Trinajstić information content (AvgIpc) is 2.95. The summed E-state index contributed by atoms with van der Waals surface area (Å²) < 4.78 is 10.8. The number of benzene rings is 1. The van der Waals surface area contributed by atoms with E-state index in [2.05, 4.69) is 4.90 Å². The minimum absolute atomic E-state index is 0.157. The third-order valence-corrected chi connectivity index (χ3v) is 4.71. The van der Waals surface area contributed by atoms with Gasteiger partial charge in [0, 0.05) is 12.1 Å². The summed E-state index contributed by atoms with van der Waals surface area (Å²) >= 11 is 0. The molecule has 5 heteroatoms. The monoisotopic (exact) mass is 328 g/mol. The molecule has 1 aromatic carbocycles. The predicted molar refractivity (Wildman–Crippen MR) is 91.5 cm³/mol. The number of likely N-dealkylation sites (tertiary alicyclic amines) is 1. The molecule has 0 spiro atoms. The zero-order valence-electron chi connectivity index (χ0n) is 14.5. The van der Waals surface area contributed by atoms with Crippen LogP contribution in [0.3, 0.4) is 0 Å². The van der Waals surface area contributed by atoms with Gasteiger partial charge in [0.2, 0.25) is 5.89 Å². The average molecular weight is 328 g/mol. The Morgan fingerprint density at radius 1 is 1.33 bits per heavy atom. The third-order valence-electron chi connectivity index (χ3n) is 4.71. The molecule has 2 aromatic rings. The van der Waals surface area contributed by atoms with Crippen LogP contribution in [0.5, 0.6) is 0 Å². The van der Waals surface area contributed by atoms with Crippen molar-refractivity contribution in [2.24, 2.45) is 0 Å². The van der Waals surface area contributed by atoms with Crippen LogP contribution < -0.4 is 0 Å². The van der Waals surface area contributed by atoms with Crippen molar-refractivity contribution in [1.82, 2.24) is 9.88 Å². The molecule has 0 saturated carbocycles. The Hall–Kier alpha value is -2.14. The lowest BCUT2D eigenvalue weighted by atomic mass is 10.0. The van der Waals surface area contributed by atoms with E-state index in [1.165, 1.54) is 7.11 Å². The number of rotatable bonds is 4. The lowest BCUT2D eigenvalue weighted by molar-refractivity contribution is -0.148. The van der Waals surface area contributed by atoms with Gasteiger partial charge >= 0.3 is 5.97 Å². The molecule has 0 bridgehead atoms. The van der Waals surface area contributed by atoms with E-state index in [9.17, 15) is 4.79 Å². The Bertz CT molecular complexity index is 723. The number of nitrogens with zero attached hydrogens (tertiary/aromatic N) is 2. The Morgan fingerprint density at radius 2 is 2.12 bits per heavy atom. The van der Waals surface area contributed by atoms with Crippen molar-refractivity contribution in [1.29, 1.82) is 0 Å². The number of methoxy groups -OCH3 is 1. The van der Waals surface area contributed by atoms with Crippen molar-refractivity contribution in [3.63, 3.8) is 0 Å². The van der Waals surface area contributed by atoms with Gasteiger partial charge in [-0.05, 0) is 44.9 Å². The largest absolute Gasteiger partial charge is 0.468 e. The highest BCUT2D eigenvalue weighted by Crippen LogP contribution is 2.27. The first kappa shape index (κ1) is 16.7. The second-order valence-corrected chi connectivity index (χ2v) is 6.34. The van der Waals surface area contributed by atoms with Gasteiger partial charge in [0.05, 0.1) is 12.8 Å². The molecule has 24 heavy (non-hydrogen) atoms. The number of piperidine rings is 1. The second kappa shape index (κ2) is 7.18. The fourth-order valence-electron chi connectivity index (χ4n) is 3.28. The van der Waals surface area contributed by atoms with Crippen LogP contribution in [0.15, 0.2) is 28.7 Å². The Balaban J connectivity index is 1.83. The van der Waals surface area contributed by atoms with Crippen LogP contribution in [-0.4, -0.2) is 35.5 Å². The lowest BCUT2D eigenvalue weighted by Crippen LogP contribution is -2.44. The molecule has 128 valence electrons. The molecule has 0 unspecified atom stereocenters. The Kier molecular flexibility index (Phi) is 5.00. The number of aromatic nitrogens is 1. The van der Waals surface area contributed by atoms with Gasteiger partial charge in [-0.2, -0.15) is 0 Å². The van der Waals surface area contributed by atoms with E-state index in [1.54, 1.807) is 0 Å².